The molecule has 3 heterocycles. The second kappa shape index (κ2) is 7.91. The molecular formula is C20H29N3O2S. The molecule has 0 radical (unpaired) electrons. The van der Waals surface area contributed by atoms with Crippen molar-refractivity contribution in [1.29, 1.82) is 0 Å². The van der Waals surface area contributed by atoms with E-state index in [1.165, 1.54) is 11.3 Å². The van der Waals surface area contributed by atoms with Gasteiger partial charge >= 0.3 is 0 Å². The number of carbonyl (C=O) groups excluding carboxylic acids is 1. The summed E-state index contributed by atoms with van der Waals surface area (Å²) in [4.78, 5) is 31.8. The smallest absolute Gasteiger partial charge is 0.262 e. The Morgan fingerprint density at radius 1 is 1.23 bits per heavy atom. The second-order valence-corrected chi connectivity index (χ2v) is 8.88. The van der Waals surface area contributed by atoms with Crippen LogP contribution in [0.15, 0.2) is 4.79 Å². The fraction of sp³-hybridized carbons (Fsp3) is 0.650. The maximum atomic E-state index is 13.0. The number of rotatable bonds is 5. The highest BCUT2D eigenvalue weighted by molar-refractivity contribution is 7.20. The molecule has 0 bridgehead atoms. The number of hydrogen-bond donors (Lipinski definition) is 1. The van der Waals surface area contributed by atoms with Gasteiger partial charge in [-0.1, -0.05) is 20.3 Å². The van der Waals surface area contributed by atoms with E-state index in [-0.39, 0.29) is 17.5 Å². The van der Waals surface area contributed by atoms with Gasteiger partial charge in [0.2, 0.25) is 0 Å². The first-order valence-electron chi connectivity index (χ1n) is 9.72. The highest BCUT2D eigenvalue weighted by Gasteiger charge is 2.22. The van der Waals surface area contributed by atoms with E-state index in [0.717, 1.165) is 56.5 Å². The molecule has 2 aromatic rings. The van der Waals surface area contributed by atoms with Crippen molar-refractivity contribution in [1.82, 2.24) is 14.9 Å². The van der Waals surface area contributed by atoms with E-state index in [1.54, 1.807) is 0 Å². The van der Waals surface area contributed by atoms with Crippen LogP contribution in [0.3, 0.4) is 0 Å². The summed E-state index contributed by atoms with van der Waals surface area (Å²) in [6.45, 7) is 9.03. The fourth-order valence-corrected chi connectivity index (χ4v) is 4.66. The third-order valence-electron chi connectivity index (χ3n) is 5.17. The lowest BCUT2D eigenvalue weighted by molar-refractivity contribution is 0.0941. The van der Waals surface area contributed by atoms with Crippen molar-refractivity contribution in [2.75, 3.05) is 0 Å². The van der Waals surface area contributed by atoms with Gasteiger partial charge in [0.05, 0.1) is 10.3 Å². The molecule has 2 aromatic heterocycles. The van der Waals surface area contributed by atoms with Gasteiger partial charge in [-0.05, 0) is 51.0 Å². The Morgan fingerprint density at radius 2 is 2.00 bits per heavy atom. The van der Waals surface area contributed by atoms with Gasteiger partial charge in [-0.3, -0.25) is 14.2 Å². The molecule has 0 aliphatic carbocycles. The maximum Gasteiger partial charge on any atom is 0.262 e. The van der Waals surface area contributed by atoms with Crippen LogP contribution < -0.4 is 10.9 Å². The molecule has 1 aliphatic heterocycles. The molecule has 26 heavy (non-hydrogen) atoms. The summed E-state index contributed by atoms with van der Waals surface area (Å²) in [5.41, 5.74) is 0.795. The zero-order valence-corrected chi connectivity index (χ0v) is 17.0. The van der Waals surface area contributed by atoms with Gasteiger partial charge in [0.15, 0.2) is 0 Å². The number of amides is 1. The van der Waals surface area contributed by atoms with E-state index >= 15 is 0 Å². The van der Waals surface area contributed by atoms with Crippen molar-refractivity contribution >= 4 is 27.5 Å². The Morgan fingerprint density at radius 3 is 2.73 bits per heavy atom. The number of nitrogens with one attached hydrogen (secondary N) is 1. The van der Waals surface area contributed by atoms with Crippen molar-refractivity contribution in [2.24, 2.45) is 5.92 Å². The lowest BCUT2D eigenvalue weighted by atomic mass is 10.0. The Labute approximate surface area is 158 Å². The molecule has 0 saturated heterocycles. The van der Waals surface area contributed by atoms with E-state index in [1.807, 2.05) is 18.4 Å². The van der Waals surface area contributed by atoms with Crippen LogP contribution in [0.25, 0.3) is 10.2 Å². The fourth-order valence-electron chi connectivity index (χ4n) is 3.57. The summed E-state index contributed by atoms with van der Waals surface area (Å²) in [7, 11) is 0. The van der Waals surface area contributed by atoms with Crippen molar-refractivity contribution < 1.29 is 4.79 Å². The molecule has 142 valence electrons. The van der Waals surface area contributed by atoms with Crippen molar-refractivity contribution in [3.63, 3.8) is 0 Å². The molecule has 0 aromatic carbocycles. The van der Waals surface area contributed by atoms with Gasteiger partial charge in [0.1, 0.15) is 10.7 Å². The predicted molar refractivity (Wildman–Crippen MR) is 107 cm³/mol. The summed E-state index contributed by atoms with van der Waals surface area (Å²) in [5.74, 6) is 1.42. The highest BCUT2D eigenvalue weighted by Crippen LogP contribution is 2.28. The summed E-state index contributed by atoms with van der Waals surface area (Å²) >= 11 is 1.36. The third-order valence-corrected chi connectivity index (χ3v) is 6.36. The lowest BCUT2D eigenvalue weighted by Gasteiger charge is -2.14. The largest absolute Gasteiger partial charge is 0.349 e. The average molecular weight is 376 g/mol. The van der Waals surface area contributed by atoms with E-state index in [0.29, 0.717) is 21.0 Å². The molecular weight excluding hydrogens is 346 g/mol. The topological polar surface area (TPSA) is 64.0 Å². The van der Waals surface area contributed by atoms with Crippen molar-refractivity contribution in [3.8, 4) is 0 Å². The Hall–Kier alpha value is -1.69. The number of thiophene rings is 1. The Kier molecular flexibility index (Phi) is 5.80. The first kappa shape index (κ1) is 19.1. The normalized spacial score (nSPS) is 15.7. The number of aryl methyl sites for hydroxylation is 2. The van der Waals surface area contributed by atoms with Crippen LogP contribution in [-0.2, 0) is 13.0 Å². The Balaban J connectivity index is 1.91. The number of aromatic nitrogens is 2. The van der Waals surface area contributed by atoms with Crippen LogP contribution in [0.1, 0.15) is 73.9 Å². The molecule has 1 unspecified atom stereocenters. The minimum atomic E-state index is -0.0821. The van der Waals surface area contributed by atoms with Crippen LogP contribution in [0.4, 0.5) is 0 Å². The number of carbonyl (C=O) groups is 1. The quantitative estimate of drug-likeness (QED) is 0.857. The molecule has 1 aliphatic rings. The molecule has 1 N–H and O–H groups in total. The molecule has 1 atom stereocenters. The zero-order chi connectivity index (χ0) is 18.8. The van der Waals surface area contributed by atoms with E-state index < -0.39 is 0 Å². The van der Waals surface area contributed by atoms with Crippen LogP contribution in [0, 0.1) is 12.8 Å². The van der Waals surface area contributed by atoms with Crippen LogP contribution in [0.2, 0.25) is 0 Å². The van der Waals surface area contributed by atoms with Crippen LogP contribution in [0.5, 0.6) is 0 Å². The number of nitrogens with zero attached hydrogens (tertiary/aromatic N) is 2. The van der Waals surface area contributed by atoms with Gasteiger partial charge in [0.25, 0.3) is 11.5 Å². The van der Waals surface area contributed by atoms with Gasteiger partial charge < -0.3 is 5.32 Å². The molecule has 3 rings (SSSR count). The van der Waals surface area contributed by atoms with Crippen molar-refractivity contribution in [3.05, 3.63) is 26.6 Å². The number of fused-ring (bicyclic) bond motifs is 2. The molecule has 1 amide bonds. The average Bonchev–Trinajstić information content (AvgIpc) is 2.76. The summed E-state index contributed by atoms with van der Waals surface area (Å²) in [6, 6.07) is 0.125. The standard InChI is InChI=1S/C20H29N3O2S/c1-12(2)9-10-13(3)21-18(24)17-14(4)16-19(26-17)22-15-8-6-5-7-11-23(15)20(16)25/h12-13H,5-11H2,1-4H3,(H,21,24). The molecule has 0 saturated carbocycles. The first-order chi connectivity index (χ1) is 12.4. The molecule has 5 nitrogen and oxygen atoms in total. The SMILES string of the molecule is Cc1c(C(=O)NC(C)CCC(C)C)sc2nc3n(c(=O)c12)CCCCC3. The minimum absolute atomic E-state index is 0.0209. The molecule has 6 heteroatoms. The third kappa shape index (κ3) is 3.85. The van der Waals surface area contributed by atoms with Crippen LogP contribution >= 0.6 is 11.3 Å². The van der Waals surface area contributed by atoms with Gasteiger partial charge in [-0.25, -0.2) is 4.98 Å². The monoisotopic (exact) mass is 375 g/mol. The number of hydrogen-bond acceptors (Lipinski definition) is 4. The molecule has 0 spiro atoms. The molecule has 0 fully saturated rings. The first-order valence-corrected chi connectivity index (χ1v) is 10.5. The van der Waals surface area contributed by atoms with E-state index in [9.17, 15) is 9.59 Å². The van der Waals surface area contributed by atoms with E-state index in [2.05, 4.69) is 19.2 Å². The van der Waals surface area contributed by atoms with Gasteiger partial charge in [0, 0.05) is 19.0 Å². The lowest BCUT2D eigenvalue weighted by Crippen LogP contribution is -2.32. The summed E-state index contributed by atoms with van der Waals surface area (Å²) in [5, 5.41) is 3.71. The van der Waals surface area contributed by atoms with Gasteiger partial charge in [-0.2, -0.15) is 0 Å². The maximum absolute atomic E-state index is 13.0. The zero-order valence-electron chi connectivity index (χ0n) is 16.2. The predicted octanol–water partition coefficient (Wildman–Crippen LogP) is 4.05. The second-order valence-electron chi connectivity index (χ2n) is 7.88. The van der Waals surface area contributed by atoms with Gasteiger partial charge in [-0.15, -0.1) is 11.3 Å². The van der Waals surface area contributed by atoms with Crippen LogP contribution in [-0.4, -0.2) is 21.5 Å². The summed E-state index contributed by atoms with van der Waals surface area (Å²) < 4.78 is 1.82. The highest BCUT2D eigenvalue weighted by atomic mass is 32.1. The van der Waals surface area contributed by atoms with Crippen molar-refractivity contribution in [2.45, 2.75) is 78.8 Å². The summed E-state index contributed by atoms with van der Waals surface area (Å²) in [6.07, 6.45) is 6.12. The van der Waals surface area contributed by atoms with E-state index in [4.69, 9.17) is 4.98 Å². The Bertz CT molecular complexity index is 866. The minimum Gasteiger partial charge on any atom is -0.349 e.